The van der Waals surface area contributed by atoms with E-state index < -0.39 is 17.7 Å². The summed E-state index contributed by atoms with van der Waals surface area (Å²) in [6, 6.07) is 18.3. The Hall–Kier alpha value is -2.86. The van der Waals surface area contributed by atoms with Crippen LogP contribution in [-0.2, 0) is 27.4 Å². The summed E-state index contributed by atoms with van der Waals surface area (Å²) >= 11 is 0. The molecule has 0 aliphatic rings. The second kappa shape index (κ2) is 10.5. The molecule has 1 unspecified atom stereocenters. The highest BCUT2D eigenvalue weighted by molar-refractivity contribution is 5.85. The van der Waals surface area contributed by atoms with E-state index in [9.17, 15) is 9.59 Å². The molecule has 6 heteroatoms. The van der Waals surface area contributed by atoms with E-state index in [1.807, 2.05) is 60.7 Å². The Labute approximate surface area is 166 Å². The normalized spacial score (nSPS) is 12.1. The van der Waals surface area contributed by atoms with Crippen LogP contribution in [0.4, 0.5) is 4.79 Å². The summed E-state index contributed by atoms with van der Waals surface area (Å²) in [6.07, 6.45) is -0.657. The third-order valence-corrected chi connectivity index (χ3v) is 3.71. The largest absolute Gasteiger partial charge is 0.444 e. The van der Waals surface area contributed by atoms with Gasteiger partial charge in [-0.05, 0) is 31.9 Å². The molecule has 28 heavy (non-hydrogen) atoms. The van der Waals surface area contributed by atoms with Gasteiger partial charge in [0.15, 0.2) is 0 Å². The first-order chi connectivity index (χ1) is 13.3. The molecule has 6 nitrogen and oxygen atoms in total. The Morgan fingerprint density at radius 3 is 2.07 bits per heavy atom. The number of hydrogen-bond acceptors (Lipinski definition) is 4. The number of hydrogen-bond donors (Lipinski definition) is 2. The fraction of sp³-hybridized carbons (Fsp3) is 0.364. The van der Waals surface area contributed by atoms with Crippen molar-refractivity contribution in [2.75, 3.05) is 6.61 Å². The van der Waals surface area contributed by atoms with Crippen LogP contribution in [0.1, 0.15) is 31.9 Å². The quantitative estimate of drug-likeness (QED) is 0.731. The standard InChI is InChI=1S/C22H28N2O4/c1-22(2,3)28-21(26)24-19(16-27-15-18-12-8-5-9-13-18)20(25)23-14-17-10-6-4-7-11-17/h4-13,19H,14-16H2,1-3H3,(H,23,25)(H,24,26). The molecular weight excluding hydrogens is 356 g/mol. The highest BCUT2D eigenvalue weighted by atomic mass is 16.6. The summed E-state index contributed by atoms with van der Waals surface area (Å²) in [5.74, 6) is -0.331. The molecule has 2 rings (SSSR count). The molecule has 0 saturated heterocycles. The number of carbonyl (C=O) groups is 2. The van der Waals surface area contributed by atoms with Gasteiger partial charge in [0.1, 0.15) is 11.6 Å². The molecule has 0 aliphatic heterocycles. The Bertz CT molecular complexity index is 742. The number of benzene rings is 2. The van der Waals surface area contributed by atoms with Gasteiger partial charge in [0.05, 0.1) is 13.2 Å². The first kappa shape index (κ1) is 21.4. The Kier molecular flexibility index (Phi) is 8.02. The first-order valence-corrected chi connectivity index (χ1v) is 9.26. The third kappa shape index (κ3) is 8.22. The van der Waals surface area contributed by atoms with E-state index in [2.05, 4.69) is 10.6 Å². The van der Waals surface area contributed by atoms with Crippen molar-refractivity contribution in [3.63, 3.8) is 0 Å². The Morgan fingerprint density at radius 2 is 1.50 bits per heavy atom. The maximum atomic E-state index is 12.6. The lowest BCUT2D eigenvalue weighted by Gasteiger charge is -2.23. The number of carbonyl (C=O) groups excluding carboxylic acids is 2. The van der Waals surface area contributed by atoms with Gasteiger partial charge in [-0.2, -0.15) is 0 Å². The van der Waals surface area contributed by atoms with Gasteiger partial charge in [0, 0.05) is 6.54 Å². The molecule has 2 N–H and O–H groups in total. The van der Waals surface area contributed by atoms with Gasteiger partial charge in [-0.1, -0.05) is 60.7 Å². The maximum absolute atomic E-state index is 12.6. The molecule has 0 heterocycles. The Balaban J connectivity index is 1.93. The Morgan fingerprint density at radius 1 is 0.929 bits per heavy atom. The molecule has 1 atom stereocenters. The lowest BCUT2D eigenvalue weighted by atomic mass is 10.2. The van der Waals surface area contributed by atoms with Crippen LogP contribution in [0, 0.1) is 0 Å². The molecule has 2 aromatic rings. The molecule has 0 bridgehead atoms. The predicted octanol–water partition coefficient (Wildman–Crippen LogP) is 3.41. The van der Waals surface area contributed by atoms with E-state index >= 15 is 0 Å². The molecule has 2 amide bonds. The van der Waals surface area contributed by atoms with Gasteiger partial charge in [0.2, 0.25) is 5.91 Å². The minimum absolute atomic E-state index is 0.0365. The van der Waals surface area contributed by atoms with E-state index in [0.717, 1.165) is 11.1 Å². The van der Waals surface area contributed by atoms with Crippen LogP contribution in [0.25, 0.3) is 0 Å². The van der Waals surface area contributed by atoms with Crippen molar-refractivity contribution >= 4 is 12.0 Å². The second-order valence-electron chi connectivity index (χ2n) is 7.40. The molecule has 0 fully saturated rings. The van der Waals surface area contributed by atoms with Crippen LogP contribution in [0.15, 0.2) is 60.7 Å². The SMILES string of the molecule is CC(C)(C)OC(=O)NC(COCc1ccccc1)C(=O)NCc1ccccc1. The van der Waals surface area contributed by atoms with Crippen molar-refractivity contribution in [1.82, 2.24) is 10.6 Å². The zero-order valence-corrected chi connectivity index (χ0v) is 16.6. The molecule has 0 aliphatic carbocycles. The number of nitrogens with one attached hydrogen (secondary N) is 2. The maximum Gasteiger partial charge on any atom is 0.408 e. The summed E-state index contributed by atoms with van der Waals surface area (Å²) in [5.41, 5.74) is 1.31. The zero-order chi connectivity index (χ0) is 20.4. The third-order valence-electron chi connectivity index (χ3n) is 3.71. The van der Waals surface area contributed by atoms with Crippen LogP contribution in [0.2, 0.25) is 0 Å². The van der Waals surface area contributed by atoms with E-state index in [1.165, 1.54) is 0 Å². The summed E-state index contributed by atoms with van der Waals surface area (Å²) in [4.78, 5) is 24.7. The van der Waals surface area contributed by atoms with Crippen molar-refractivity contribution in [2.45, 2.75) is 45.6 Å². The van der Waals surface area contributed by atoms with E-state index in [4.69, 9.17) is 9.47 Å². The zero-order valence-electron chi connectivity index (χ0n) is 16.6. The molecular formula is C22H28N2O4. The van der Waals surface area contributed by atoms with Gasteiger partial charge in [-0.15, -0.1) is 0 Å². The highest BCUT2D eigenvalue weighted by Gasteiger charge is 2.24. The van der Waals surface area contributed by atoms with Gasteiger partial charge in [-0.25, -0.2) is 4.79 Å². The van der Waals surface area contributed by atoms with E-state index in [0.29, 0.717) is 13.2 Å². The van der Waals surface area contributed by atoms with Gasteiger partial charge >= 0.3 is 6.09 Å². The lowest BCUT2D eigenvalue weighted by molar-refractivity contribution is -0.125. The van der Waals surface area contributed by atoms with Crippen LogP contribution in [-0.4, -0.2) is 30.3 Å². The van der Waals surface area contributed by atoms with Gasteiger partial charge < -0.3 is 20.1 Å². The van der Waals surface area contributed by atoms with Crippen molar-refractivity contribution < 1.29 is 19.1 Å². The van der Waals surface area contributed by atoms with Crippen molar-refractivity contribution in [3.05, 3.63) is 71.8 Å². The summed E-state index contributed by atoms with van der Waals surface area (Å²) in [6.45, 7) is 6.05. The van der Waals surface area contributed by atoms with Gasteiger partial charge in [0.25, 0.3) is 0 Å². The topological polar surface area (TPSA) is 76.7 Å². The van der Waals surface area contributed by atoms with E-state index in [-0.39, 0.29) is 12.5 Å². The van der Waals surface area contributed by atoms with Crippen molar-refractivity contribution in [3.8, 4) is 0 Å². The summed E-state index contributed by atoms with van der Waals surface area (Å²) < 4.78 is 10.9. The molecule has 0 radical (unpaired) electrons. The number of ether oxygens (including phenoxy) is 2. The van der Waals surface area contributed by atoms with Crippen LogP contribution in [0.3, 0.4) is 0 Å². The van der Waals surface area contributed by atoms with Crippen molar-refractivity contribution in [2.24, 2.45) is 0 Å². The molecule has 150 valence electrons. The van der Waals surface area contributed by atoms with Crippen LogP contribution < -0.4 is 10.6 Å². The first-order valence-electron chi connectivity index (χ1n) is 9.26. The molecule has 0 spiro atoms. The number of amides is 2. The second-order valence-corrected chi connectivity index (χ2v) is 7.40. The lowest BCUT2D eigenvalue weighted by Crippen LogP contribution is -2.50. The predicted molar refractivity (Wildman–Crippen MR) is 108 cm³/mol. The monoisotopic (exact) mass is 384 g/mol. The number of rotatable bonds is 8. The summed E-state index contributed by atoms with van der Waals surface area (Å²) in [5, 5.41) is 5.42. The van der Waals surface area contributed by atoms with E-state index in [1.54, 1.807) is 20.8 Å². The molecule has 2 aromatic carbocycles. The van der Waals surface area contributed by atoms with Crippen LogP contribution in [0.5, 0.6) is 0 Å². The molecule has 0 aromatic heterocycles. The fourth-order valence-corrected chi connectivity index (χ4v) is 2.41. The fourth-order valence-electron chi connectivity index (χ4n) is 2.41. The molecule has 0 saturated carbocycles. The summed E-state index contributed by atoms with van der Waals surface area (Å²) in [7, 11) is 0. The minimum Gasteiger partial charge on any atom is -0.444 e. The number of alkyl carbamates (subject to hydrolysis) is 1. The average molecular weight is 384 g/mol. The van der Waals surface area contributed by atoms with Crippen LogP contribution >= 0.6 is 0 Å². The minimum atomic E-state index is -0.859. The smallest absolute Gasteiger partial charge is 0.408 e. The van der Waals surface area contributed by atoms with Gasteiger partial charge in [-0.3, -0.25) is 4.79 Å². The van der Waals surface area contributed by atoms with Crippen molar-refractivity contribution in [1.29, 1.82) is 0 Å². The highest BCUT2D eigenvalue weighted by Crippen LogP contribution is 2.07. The average Bonchev–Trinajstić information content (AvgIpc) is 2.65.